The van der Waals surface area contributed by atoms with Gasteiger partial charge in [-0.1, -0.05) is 43.1 Å². The summed E-state index contributed by atoms with van der Waals surface area (Å²) in [5.74, 6) is -1.17. The molecule has 0 aliphatic heterocycles. The van der Waals surface area contributed by atoms with Gasteiger partial charge < -0.3 is 20.5 Å². The van der Waals surface area contributed by atoms with Crippen LogP contribution in [-0.4, -0.2) is 45.6 Å². The lowest BCUT2D eigenvalue weighted by Gasteiger charge is -2.28. The van der Waals surface area contributed by atoms with Crippen LogP contribution in [0.25, 0.3) is 0 Å². The molecule has 3 amide bonds. The molecule has 0 heterocycles. The average Bonchev–Trinajstić information content (AvgIpc) is 2.58. The Hall–Kier alpha value is -2.42. The van der Waals surface area contributed by atoms with E-state index >= 15 is 0 Å². The summed E-state index contributed by atoms with van der Waals surface area (Å²) in [6.45, 7) is 5.73. The van der Waals surface area contributed by atoms with Gasteiger partial charge in [0.05, 0.1) is 0 Å². The minimum atomic E-state index is -1.17. The topological polar surface area (TPSA) is 108 Å². The Kier molecular flexibility index (Phi) is 8.93. The van der Waals surface area contributed by atoms with Crippen LogP contribution < -0.4 is 10.6 Å². The van der Waals surface area contributed by atoms with Crippen LogP contribution >= 0.6 is 12.8 Å². The van der Waals surface area contributed by atoms with Crippen LogP contribution in [0.5, 0.6) is 0 Å². The van der Waals surface area contributed by atoms with Crippen LogP contribution in [0.4, 0.5) is 9.59 Å². The van der Waals surface area contributed by atoms with Gasteiger partial charge in [0.2, 0.25) is 0 Å². The molecule has 0 aliphatic carbocycles. The van der Waals surface area contributed by atoms with E-state index in [-0.39, 0.29) is 19.6 Å². The highest BCUT2D eigenvalue weighted by Crippen LogP contribution is 2.12. The summed E-state index contributed by atoms with van der Waals surface area (Å²) in [6.07, 6.45) is -0.106. The number of nitrogens with one attached hydrogen (secondary N) is 2. The van der Waals surface area contributed by atoms with Crippen LogP contribution in [0, 0.1) is 0 Å². The number of carboxylic acid groups (broad SMARTS) is 1. The van der Waals surface area contributed by atoms with Crippen LogP contribution in [-0.2, 0) is 16.1 Å². The Morgan fingerprint density at radius 3 is 2.41 bits per heavy atom. The molecular formula is C18H27N3O5S. The van der Waals surface area contributed by atoms with Crippen molar-refractivity contribution in [2.75, 3.05) is 6.54 Å². The molecule has 0 saturated heterocycles. The van der Waals surface area contributed by atoms with E-state index in [0.717, 1.165) is 9.87 Å². The Bertz CT molecular complexity index is 634. The molecule has 0 unspecified atom stereocenters. The second-order valence-corrected chi connectivity index (χ2v) is 7.44. The van der Waals surface area contributed by atoms with Crippen LogP contribution in [0.1, 0.15) is 39.2 Å². The normalized spacial score (nSPS) is 12.0. The number of aliphatic carboxylic acids is 1. The van der Waals surface area contributed by atoms with Gasteiger partial charge >= 0.3 is 18.1 Å². The maximum absolute atomic E-state index is 12.1. The number of benzene rings is 1. The third-order valence-corrected chi connectivity index (χ3v) is 3.87. The van der Waals surface area contributed by atoms with Crippen molar-refractivity contribution in [3.8, 4) is 0 Å². The fourth-order valence-electron chi connectivity index (χ4n) is 2.13. The lowest BCUT2D eigenvalue weighted by molar-refractivity contribution is -0.140. The zero-order valence-electron chi connectivity index (χ0n) is 15.8. The number of carbonyl (C=O) groups excluding carboxylic acids is 2. The van der Waals surface area contributed by atoms with E-state index in [1.54, 1.807) is 20.8 Å². The monoisotopic (exact) mass is 397 g/mol. The molecule has 0 aromatic heterocycles. The number of thiol groups is 1. The first-order valence-electron chi connectivity index (χ1n) is 8.58. The lowest BCUT2D eigenvalue weighted by Crippen LogP contribution is -2.50. The Labute approximate surface area is 164 Å². The van der Waals surface area contributed by atoms with E-state index < -0.39 is 29.7 Å². The largest absolute Gasteiger partial charge is 0.480 e. The molecule has 1 aromatic rings. The number of urea groups is 1. The maximum atomic E-state index is 12.1. The molecule has 0 radical (unpaired) electrons. The quantitative estimate of drug-likeness (QED) is 0.398. The standard InChI is InChI=1S/C18H27N3O5S/c1-18(2,3)20-16(24)21(27)14(15(22)23)10-7-11-19-17(25)26-12-13-8-5-4-6-9-13/h4-6,8-9,14,27H,7,10-12H2,1-3H3,(H,19,25)(H,20,24)(H,22,23)/t14-/m1/s1. The van der Waals surface area contributed by atoms with Gasteiger partial charge in [0.15, 0.2) is 0 Å². The van der Waals surface area contributed by atoms with Gasteiger partial charge in [-0.25, -0.2) is 14.4 Å². The molecule has 27 heavy (non-hydrogen) atoms. The first kappa shape index (κ1) is 22.6. The number of carbonyl (C=O) groups is 3. The number of ether oxygens (including phenoxy) is 1. The van der Waals surface area contributed by atoms with Crippen molar-refractivity contribution in [3.05, 3.63) is 35.9 Å². The van der Waals surface area contributed by atoms with Gasteiger partial charge in [-0.15, -0.1) is 0 Å². The predicted octanol–water partition coefficient (Wildman–Crippen LogP) is 2.80. The van der Waals surface area contributed by atoms with Crippen molar-refractivity contribution in [3.63, 3.8) is 0 Å². The number of nitrogens with zero attached hydrogens (tertiary/aromatic N) is 1. The Balaban J connectivity index is 2.36. The number of amides is 3. The molecule has 0 bridgehead atoms. The second kappa shape index (κ2) is 10.7. The molecule has 1 rings (SSSR count). The maximum Gasteiger partial charge on any atom is 0.407 e. The zero-order valence-corrected chi connectivity index (χ0v) is 16.7. The van der Waals surface area contributed by atoms with Gasteiger partial charge in [0.1, 0.15) is 12.6 Å². The molecular weight excluding hydrogens is 370 g/mol. The summed E-state index contributed by atoms with van der Waals surface area (Å²) < 4.78 is 5.93. The fourth-order valence-corrected chi connectivity index (χ4v) is 2.39. The van der Waals surface area contributed by atoms with Crippen molar-refractivity contribution in [2.45, 2.75) is 51.8 Å². The summed E-state index contributed by atoms with van der Waals surface area (Å²) in [6, 6.07) is 7.55. The lowest BCUT2D eigenvalue weighted by atomic mass is 10.1. The number of hydrogen-bond donors (Lipinski definition) is 4. The summed E-state index contributed by atoms with van der Waals surface area (Å²) >= 11 is 4.02. The molecule has 150 valence electrons. The second-order valence-electron chi connectivity index (χ2n) is 7.01. The molecule has 0 aliphatic rings. The van der Waals surface area contributed by atoms with E-state index in [2.05, 4.69) is 23.4 Å². The van der Waals surface area contributed by atoms with E-state index in [4.69, 9.17) is 4.74 Å². The number of hydrogen-bond acceptors (Lipinski definition) is 5. The number of carboxylic acids is 1. The SMILES string of the molecule is CC(C)(C)NC(=O)N(S)[C@H](CCCNC(=O)OCc1ccccc1)C(=O)O. The molecule has 9 heteroatoms. The highest BCUT2D eigenvalue weighted by Gasteiger charge is 2.29. The van der Waals surface area contributed by atoms with Gasteiger partial charge in [0, 0.05) is 12.1 Å². The van der Waals surface area contributed by atoms with Crippen molar-refractivity contribution in [1.29, 1.82) is 0 Å². The summed E-state index contributed by atoms with van der Waals surface area (Å²) in [4.78, 5) is 35.1. The first-order chi connectivity index (χ1) is 12.6. The van der Waals surface area contributed by atoms with Crippen molar-refractivity contribution >= 4 is 30.9 Å². The van der Waals surface area contributed by atoms with Crippen LogP contribution in [0.15, 0.2) is 30.3 Å². The third-order valence-electron chi connectivity index (χ3n) is 3.41. The van der Waals surface area contributed by atoms with Gasteiger partial charge in [-0.2, -0.15) is 0 Å². The average molecular weight is 397 g/mol. The molecule has 0 spiro atoms. The van der Waals surface area contributed by atoms with Crippen LogP contribution in [0.2, 0.25) is 0 Å². The van der Waals surface area contributed by atoms with E-state index in [0.29, 0.717) is 6.42 Å². The summed E-state index contributed by atoms with van der Waals surface area (Å²) in [5, 5.41) is 14.5. The molecule has 1 atom stereocenters. The highest BCUT2D eigenvalue weighted by molar-refractivity contribution is 7.78. The molecule has 0 fully saturated rings. The summed E-state index contributed by atoms with van der Waals surface area (Å²) in [7, 11) is 0. The van der Waals surface area contributed by atoms with Gasteiger partial charge in [-0.3, -0.25) is 4.31 Å². The number of alkyl carbamates (subject to hydrolysis) is 1. The number of rotatable bonds is 8. The minimum Gasteiger partial charge on any atom is -0.480 e. The van der Waals surface area contributed by atoms with E-state index in [1.807, 2.05) is 30.3 Å². The van der Waals surface area contributed by atoms with Gasteiger partial charge in [0.25, 0.3) is 0 Å². The third kappa shape index (κ3) is 9.18. The Morgan fingerprint density at radius 2 is 1.85 bits per heavy atom. The zero-order chi connectivity index (χ0) is 20.4. The highest BCUT2D eigenvalue weighted by atomic mass is 32.1. The molecule has 3 N–H and O–H groups in total. The van der Waals surface area contributed by atoms with Crippen molar-refractivity contribution < 1.29 is 24.2 Å². The minimum absolute atomic E-state index is 0.134. The van der Waals surface area contributed by atoms with E-state index in [9.17, 15) is 19.5 Å². The first-order valence-corrected chi connectivity index (χ1v) is 8.98. The van der Waals surface area contributed by atoms with E-state index in [1.165, 1.54) is 0 Å². The van der Waals surface area contributed by atoms with Crippen LogP contribution in [0.3, 0.4) is 0 Å². The Morgan fingerprint density at radius 1 is 1.22 bits per heavy atom. The fraction of sp³-hybridized carbons (Fsp3) is 0.500. The smallest absolute Gasteiger partial charge is 0.407 e. The summed E-state index contributed by atoms with van der Waals surface area (Å²) in [5.41, 5.74) is 0.361. The molecule has 8 nitrogen and oxygen atoms in total. The van der Waals surface area contributed by atoms with Gasteiger partial charge in [-0.05, 0) is 39.2 Å². The molecule has 1 aromatic carbocycles. The predicted molar refractivity (Wildman–Crippen MR) is 104 cm³/mol. The molecule has 0 saturated carbocycles. The van der Waals surface area contributed by atoms with Crippen molar-refractivity contribution in [2.24, 2.45) is 0 Å². The van der Waals surface area contributed by atoms with Crippen molar-refractivity contribution in [1.82, 2.24) is 14.9 Å².